The largest absolute Gasteiger partial charge is 0.381 e. The minimum Gasteiger partial charge on any atom is -0.381 e. The number of carbonyl (C=O) groups excluding carboxylic acids is 1. The molecule has 4 rings (SSSR count). The van der Waals surface area contributed by atoms with E-state index in [1.807, 2.05) is 19.2 Å². The molecule has 2 aromatic heterocycles. The van der Waals surface area contributed by atoms with Gasteiger partial charge in [0.15, 0.2) is 0 Å². The van der Waals surface area contributed by atoms with E-state index in [0.29, 0.717) is 37.1 Å². The smallest absolute Gasteiger partial charge is 0.226 e. The van der Waals surface area contributed by atoms with Crippen molar-refractivity contribution in [1.82, 2.24) is 20.0 Å². The highest BCUT2D eigenvalue weighted by atomic mass is 16.5. The van der Waals surface area contributed by atoms with Gasteiger partial charge in [0.25, 0.3) is 0 Å². The molecule has 1 aliphatic carbocycles. The molecule has 3 heterocycles. The Kier molecular flexibility index (Phi) is 5.71. The highest BCUT2D eigenvalue weighted by Gasteiger charge is 2.46. The van der Waals surface area contributed by atoms with Gasteiger partial charge in [-0.05, 0) is 44.2 Å². The second-order valence-electron chi connectivity index (χ2n) is 8.00. The fraction of sp³-hybridized carbons (Fsp3) is 0.619. The molecule has 150 valence electrons. The fourth-order valence-electron chi connectivity index (χ4n) is 4.84. The van der Waals surface area contributed by atoms with Gasteiger partial charge in [-0.15, -0.1) is 0 Å². The van der Waals surface area contributed by atoms with Crippen LogP contribution in [0.2, 0.25) is 0 Å². The zero-order valence-corrected chi connectivity index (χ0v) is 16.5. The molecule has 2 fully saturated rings. The Morgan fingerprint density at radius 3 is 2.96 bits per heavy atom. The van der Waals surface area contributed by atoms with Gasteiger partial charge in [-0.25, -0.2) is 0 Å². The number of rotatable bonds is 6. The number of piperidine rings is 1. The van der Waals surface area contributed by atoms with Crippen LogP contribution in [0.5, 0.6) is 0 Å². The standard InChI is InChI=1S/C21H28N4O3/c1-27-17-5-3-10-21(17)11-4-14-25(15-21)19(26)7-2-6-18-23-20(24-28-18)16-8-12-22-13-9-16/h8-9,12-13,17H,2-7,10-11,14-15H2,1H3/t17-,21+/m1/s1. The van der Waals surface area contributed by atoms with Crippen LogP contribution in [0.15, 0.2) is 29.0 Å². The van der Waals surface area contributed by atoms with Crippen molar-refractivity contribution in [2.24, 2.45) is 5.41 Å². The third kappa shape index (κ3) is 3.94. The van der Waals surface area contributed by atoms with Crippen molar-refractivity contribution in [2.45, 2.75) is 57.5 Å². The van der Waals surface area contributed by atoms with Gasteiger partial charge in [0, 0.05) is 56.4 Å². The number of likely N-dealkylation sites (tertiary alicyclic amines) is 1. The number of aromatic nitrogens is 3. The van der Waals surface area contributed by atoms with Crippen LogP contribution in [0.3, 0.4) is 0 Å². The van der Waals surface area contributed by atoms with Crippen LogP contribution in [-0.4, -0.2) is 52.2 Å². The Morgan fingerprint density at radius 2 is 2.14 bits per heavy atom. The zero-order chi connectivity index (χ0) is 19.4. The Morgan fingerprint density at radius 1 is 1.32 bits per heavy atom. The topological polar surface area (TPSA) is 81.4 Å². The minimum absolute atomic E-state index is 0.175. The van der Waals surface area contributed by atoms with Crippen LogP contribution < -0.4 is 0 Å². The Bertz CT molecular complexity index is 794. The summed E-state index contributed by atoms with van der Waals surface area (Å²) in [7, 11) is 1.81. The number of carbonyl (C=O) groups is 1. The lowest BCUT2D eigenvalue weighted by molar-refractivity contribution is -0.137. The molecule has 0 N–H and O–H groups in total. The molecule has 1 saturated heterocycles. The van der Waals surface area contributed by atoms with Crippen molar-refractivity contribution in [3.63, 3.8) is 0 Å². The third-order valence-corrected chi connectivity index (χ3v) is 6.26. The van der Waals surface area contributed by atoms with E-state index in [-0.39, 0.29) is 11.3 Å². The summed E-state index contributed by atoms with van der Waals surface area (Å²) in [6, 6.07) is 3.70. The number of amides is 1. The Labute approximate surface area is 165 Å². The molecular weight excluding hydrogens is 356 g/mol. The SMILES string of the molecule is CO[C@@H]1CCC[C@@]12CCCN(C(=O)CCCc1nc(-c3ccncc3)no1)C2. The Balaban J connectivity index is 1.28. The molecule has 7 heteroatoms. The monoisotopic (exact) mass is 384 g/mol. The number of methoxy groups -OCH3 is 1. The van der Waals surface area contributed by atoms with Crippen molar-refractivity contribution < 1.29 is 14.1 Å². The lowest BCUT2D eigenvalue weighted by Gasteiger charge is -2.43. The number of pyridine rings is 1. The number of ether oxygens (including phenoxy) is 1. The first-order chi connectivity index (χ1) is 13.7. The highest BCUT2D eigenvalue weighted by molar-refractivity contribution is 5.76. The minimum atomic E-state index is 0.175. The van der Waals surface area contributed by atoms with Crippen LogP contribution in [0.1, 0.15) is 50.8 Å². The van der Waals surface area contributed by atoms with Crippen molar-refractivity contribution in [2.75, 3.05) is 20.2 Å². The summed E-state index contributed by atoms with van der Waals surface area (Å²) in [6.45, 7) is 1.71. The van der Waals surface area contributed by atoms with Gasteiger partial charge < -0.3 is 14.2 Å². The fourth-order valence-corrected chi connectivity index (χ4v) is 4.84. The normalized spacial score (nSPS) is 24.8. The molecule has 1 saturated carbocycles. The van der Waals surface area contributed by atoms with Crippen LogP contribution in [0.4, 0.5) is 0 Å². The lowest BCUT2D eigenvalue weighted by Crippen LogP contribution is -2.49. The maximum absolute atomic E-state index is 12.8. The number of hydrogen-bond donors (Lipinski definition) is 0. The van der Waals surface area contributed by atoms with E-state index in [1.54, 1.807) is 12.4 Å². The summed E-state index contributed by atoms with van der Waals surface area (Å²) in [6.07, 6.45) is 11.3. The zero-order valence-electron chi connectivity index (χ0n) is 16.5. The van der Waals surface area contributed by atoms with E-state index in [4.69, 9.17) is 9.26 Å². The molecule has 0 radical (unpaired) electrons. The van der Waals surface area contributed by atoms with Gasteiger partial charge in [-0.1, -0.05) is 11.6 Å². The van der Waals surface area contributed by atoms with E-state index in [9.17, 15) is 4.79 Å². The first-order valence-electron chi connectivity index (χ1n) is 10.2. The molecule has 0 aromatic carbocycles. The average molecular weight is 384 g/mol. The van der Waals surface area contributed by atoms with E-state index in [2.05, 4.69) is 20.0 Å². The summed E-state index contributed by atoms with van der Waals surface area (Å²) < 4.78 is 11.1. The summed E-state index contributed by atoms with van der Waals surface area (Å²) in [5, 5.41) is 4.02. The predicted molar refractivity (Wildman–Crippen MR) is 103 cm³/mol. The summed E-state index contributed by atoms with van der Waals surface area (Å²) in [5.41, 5.74) is 1.05. The van der Waals surface area contributed by atoms with E-state index >= 15 is 0 Å². The third-order valence-electron chi connectivity index (χ3n) is 6.26. The molecule has 28 heavy (non-hydrogen) atoms. The maximum Gasteiger partial charge on any atom is 0.226 e. The molecule has 2 aromatic rings. The van der Waals surface area contributed by atoms with Crippen molar-refractivity contribution >= 4 is 5.91 Å². The van der Waals surface area contributed by atoms with E-state index in [0.717, 1.165) is 31.5 Å². The second kappa shape index (κ2) is 8.39. The van der Waals surface area contributed by atoms with Crippen LogP contribution in [0.25, 0.3) is 11.4 Å². The van der Waals surface area contributed by atoms with Gasteiger partial charge >= 0.3 is 0 Å². The molecule has 2 atom stereocenters. The molecule has 1 spiro atoms. The van der Waals surface area contributed by atoms with Crippen molar-refractivity contribution in [3.05, 3.63) is 30.4 Å². The van der Waals surface area contributed by atoms with Gasteiger partial charge in [0.2, 0.25) is 17.6 Å². The van der Waals surface area contributed by atoms with Gasteiger partial charge in [-0.2, -0.15) is 4.98 Å². The van der Waals surface area contributed by atoms with Crippen molar-refractivity contribution in [1.29, 1.82) is 0 Å². The first-order valence-corrected chi connectivity index (χ1v) is 10.2. The number of hydrogen-bond acceptors (Lipinski definition) is 6. The molecule has 2 aliphatic rings. The maximum atomic E-state index is 12.8. The van der Waals surface area contributed by atoms with Crippen molar-refractivity contribution in [3.8, 4) is 11.4 Å². The van der Waals surface area contributed by atoms with Crippen LogP contribution >= 0.6 is 0 Å². The molecule has 1 aliphatic heterocycles. The molecule has 7 nitrogen and oxygen atoms in total. The van der Waals surface area contributed by atoms with Crippen LogP contribution in [0, 0.1) is 5.41 Å². The second-order valence-corrected chi connectivity index (χ2v) is 8.00. The predicted octanol–water partition coefficient (Wildman–Crippen LogP) is 3.26. The summed E-state index contributed by atoms with van der Waals surface area (Å²) in [4.78, 5) is 23.2. The van der Waals surface area contributed by atoms with Gasteiger partial charge in [-0.3, -0.25) is 9.78 Å². The Hall–Kier alpha value is -2.28. The molecular formula is C21H28N4O3. The highest BCUT2D eigenvalue weighted by Crippen LogP contribution is 2.46. The average Bonchev–Trinajstić information content (AvgIpc) is 3.36. The quantitative estimate of drug-likeness (QED) is 0.760. The van der Waals surface area contributed by atoms with Crippen LogP contribution in [-0.2, 0) is 16.0 Å². The summed E-state index contributed by atoms with van der Waals surface area (Å²) in [5.74, 6) is 1.37. The van der Waals surface area contributed by atoms with E-state index in [1.165, 1.54) is 19.3 Å². The number of aryl methyl sites for hydroxylation is 1. The summed E-state index contributed by atoms with van der Waals surface area (Å²) >= 11 is 0. The molecule has 1 amide bonds. The molecule has 0 bridgehead atoms. The molecule has 0 unspecified atom stereocenters. The lowest BCUT2D eigenvalue weighted by atomic mass is 9.76. The van der Waals surface area contributed by atoms with E-state index < -0.39 is 0 Å². The van der Waals surface area contributed by atoms with Gasteiger partial charge in [0.1, 0.15) is 0 Å². The number of nitrogens with zero attached hydrogens (tertiary/aromatic N) is 4. The van der Waals surface area contributed by atoms with Gasteiger partial charge in [0.05, 0.1) is 6.10 Å². The first kappa shape index (κ1) is 19.1.